The lowest BCUT2D eigenvalue weighted by molar-refractivity contribution is 0.0734. The van der Waals surface area contributed by atoms with E-state index in [0.717, 1.165) is 23.0 Å². The number of aromatic nitrogens is 2. The Labute approximate surface area is 107 Å². The van der Waals surface area contributed by atoms with Gasteiger partial charge in [-0.3, -0.25) is 0 Å². The van der Waals surface area contributed by atoms with Gasteiger partial charge in [0.05, 0.1) is 12.1 Å². The molecule has 1 N–H and O–H groups in total. The molecule has 2 rings (SSSR count). The highest BCUT2D eigenvalue weighted by molar-refractivity contribution is 7.11. The van der Waals surface area contributed by atoms with Gasteiger partial charge in [0.25, 0.3) is 0 Å². The molecule has 4 nitrogen and oxygen atoms in total. The van der Waals surface area contributed by atoms with Crippen molar-refractivity contribution in [1.29, 1.82) is 0 Å². The molecule has 1 fully saturated rings. The van der Waals surface area contributed by atoms with Crippen molar-refractivity contribution in [2.24, 2.45) is 0 Å². The van der Waals surface area contributed by atoms with Crippen LogP contribution in [-0.4, -0.2) is 29.0 Å². The molecule has 0 unspecified atom stereocenters. The summed E-state index contributed by atoms with van der Waals surface area (Å²) in [4.78, 5) is 0. The maximum atomic E-state index is 5.75. The molecule has 0 bridgehead atoms. The molecule has 1 aromatic heterocycles. The molecule has 2 heterocycles. The largest absolute Gasteiger partial charge is 0.377 e. The summed E-state index contributed by atoms with van der Waals surface area (Å²) in [6.45, 7) is 7.26. The molecule has 0 aromatic carbocycles. The zero-order chi connectivity index (χ0) is 12.3. The van der Waals surface area contributed by atoms with Gasteiger partial charge < -0.3 is 10.1 Å². The topological polar surface area (TPSA) is 47.0 Å². The molecule has 5 heteroatoms. The highest BCUT2D eigenvalue weighted by atomic mass is 32.1. The van der Waals surface area contributed by atoms with Crippen molar-refractivity contribution < 1.29 is 4.74 Å². The second-order valence-electron chi connectivity index (χ2n) is 4.61. The normalized spacial score (nSPS) is 23.8. The number of nitrogens with one attached hydrogen (secondary N) is 1. The standard InChI is InChI=1S/C12H21N3OS/c1-4-10(11-6-5-7-16-11)13-8(2)12-15-14-9(3)17-12/h8,10-11,13H,4-7H2,1-3H3/t8-,10+,11-/m1/s1. The van der Waals surface area contributed by atoms with Gasteiger partial charge in [-0.1, -0.05) is 6.92 Å². The van der Waals surface area contributed by atoms with Crippen LogP contribution < -0.4 is 5.32 Å². The van der Waals surface area contributed by atoms with Crippen molar-refractivity contribution in [3.05, 3.63) is 10.0 Å². The Kier molecular flexibility index (Phi) is 4.48. The highest BCUT2D eigenvalue weighted by Gasteiger charge is 2.26. The molecule has 0 radical (unpaired) electrons. The zero-order valence-electron chi connectivity index (χ0n) is 10.8. The average Bonchev–Trinajstić information content (AvgIpc) is 2.96. The van der Waals surface area contributed by atoms with Gasteiger partial charge in [0.2, 0.25) is 0 Å². The van der Waals surface area contributed by atoms with Crippen molar-refractivity contribution in [3.8, 4) is 0 Å². The van der Waals surface area contributed by atoms with E-state index in [9.17, 15) is 0 Å². The Morgan fingerprint density at radius 1 is 1.53 bits per heavy atom. The number of rotatable bonds is 5. The Bertz CT molecular complexity index is 349. The Morgan fingerprint density at radius 2 is 2.35 bits per heavy atom. The van der Waals surface area contributed by atoms with E-state index in [-0.39, 0.29) is 6.04 Å². The van der Waals surface area contributed by atoms with Crippen molar-refractivity contribution in [1.82, 2.24) is 15.5 Å². The summed E-state index contributed by atoms with van der Waals surface area (Å²) in [6.07, 6.45) is 3.83. The molecule has 1 aromatic rings. The summed E-state index contributed by atoms with van der Waals surface area (Å²) in [5.41, 5.74) is 0. The average molecular weight is 255 g/mol. The molecule has 17 heavy (non-hydrogen) atoms. The van der Waals surface area contributed by atoms with Gasteiger partial charge in [-0.15, -0.1) is 21.5 Å². The summed E-state index contributed by atoms with van der Waals surface area (Å²) in [6, 6.07) is 0.687. The molecule has 0 amide bonds. The van der Waals surface area contributed by atoms with Crippen molar-refractivity contribution in [2.75, 3.05) is 6.61 Å². The molecule has 96 valence electrons. The Hall–Kier alpha value is -0.520. The van der Waals surface area contributed by atoms with E-state index in [1.165, 1.54) is 12.8 Å². The van der Waals surface area contributed by atoms with Gasteiger partial charge >= 0.3 is 0 Å². The number of aryl methyl sites for hydroxylation is 1. The fourth-order valence-electron chi connectivity index (χ4n) is 2.29. The lowest BCUT2D eigenvalue weighted by Gasteiger charge is -2.25. The summed E-state index contributed by atoms with van der Waals surface area (Å²) in [5, 5.41) is 14.0. The monoisotopic (exact) mass is 255 g/mol. The van der Waals surface area contributed by atoms with Crippen LogP contribution in [0.4, 0.5) is 0 Å². The number of nitrogens with zero attached hydrogens (tertiary/aromatic N) is 2. The van der Waals surface area contributed by atoms with Gasteiger partial charge in [-0.25, -0.2) is 0 Å². The minimum atomic E-state index is 0.260. The fourth-order valence-corrected chi connectivity index (χ4v) is 3.00. The molecular weight excluding hydrogens is 234 g/mol. The second-order valence-corrected chi connectivity index (χ2v) is 5.83. The van der Waals surface area contributed by atoms with Crippen LogP contribution in [0.1, 0.15) is 49.2 Å². The van der Waals surface area contributed by atoms with Crippen LogP contribution in [0.2, 0.25) is 0 Å². The minimum absolute atomic E-state index is 0.260. The number of hydrogen-bond donors (Lipinski definition) is 1. The first-order valence-electron chi connectivity index (χ1n) is 6.38. The van der Waals surface area contributed by atoms with E-state index in [1.807, 2.05) is 6.92 Å². The third kappa shape index (κ3) is 3.24. The second kappa shape index (κ2) is 5.89. The predicted octanol–water partition coefficient (Wildman–Crippen LogP) is 2.45. The molecule has 1 aliphatic rings. The van der Waals surface area contributed by atoms with Crippen molar-refractivity contribution >= 4 is 11.3 Å². The molecule has 1 saturated heterocycles. The lowest BCUT2D eigenvalue weighted by Crippen LogP contribution is -2.40. The van der Waals surface area contributed by atoms with Crippen LogP contribution in [0.15, 0.2) is 0 Å². The first-order valence-corrected chi connectivity index (χ1v) is 7.20. The number of hydrogen-bond acceptors (Lipinski definition) is 5. The summed E-state index contributed by atoms with van der Waals surface area (Å²) >= 11 is 1.67. The lowest BCUT2D eigenvalue weighted by atomic mass is 10.0. The molecule has 0 spiro atoms. The smallest absolute Gasteiger partial charge is 0.134 e. The van der Waals surface area contributed by atoms with Gasteiger partial charge in [0, 0.05) is 12.6 Å². The summed E-state index contributed by atoms with van der Waals surface area (Å²) in [5.74, 6) is 0. The van der Waals surface area contributed by atoms with Crippen molar-refractivity contribution in [3.63, 3.8) is 0 Å². The highest BCUT2D eigenvalue weighted by Crippen LogP contribution is 2.22. The molecular formula is C12H21N3OS. The maximum absolute atomic E-state index is 5.75. The van der Waals surface area contributed by atoms with Crippen LogP contribution in [0, 0.1) is 6.92 Å². The molecule has 0 aliphatic carbocycles. The van der Waals surface area contributed by atoms with E-state index in [4.69, 9.17) is 4.74 Å². The van der Waals surface area contributed by atoms with Gasteiger partial charge in [-0.2, -0.15) is 0 Å². The minimum Gasteiger partial charge on any atom is -0.377 e. The third-order valence-corrected chi connectivity index (χ3v) is 4.25. The molecule has 3 atom stereocenters. The molecule has 1 aliphatic heterocycles. The number of ether oxygens (including phenoxy) is 1. The fraction of sp³-hybridized carbons (Fsp3) is 0.833. The summed E-state index contributed by atoms with van der Waals surface area (Å²) < 4.78 is 5.75. The van der Waals surface area contributed by atoms with Crippen LogP contribution >= 0.6 is 11.3 Å². The maximum Gasteiger partial charge on any atom is 0.134 e. The van der Waals surface area contributed by atoms with E-state index in [0.29, 0.717) is 12.1 Å². The van der Waals surface area contributed by atoms with E-state index in [2.05, 4.69) is 29.4 Å². The van der Waals surface area contributed by atoms with Crippen LogP contribution in [0.3, 0.4) is 0 Å². The first kappa shape index (κ1) is 12.9. The quantitative estimate of drug-likeness (QED) is 0.878. The molecule has 0 saturated carbocycles. The van der Waals surface area contributed by atoms with Crippen LogP contribution in [0.5, 0.6) is 0 Å². The zero-order valence-corrected chi connectivity index (χ0v) is 11.6. The van der Waals surface area contributed by atoms with Crippen LogP contribution in [0.25, 0.3) is 0 Å². The van der Waals surface area contributed by atoms with Gasteiger partial charge in [0.15, 0.2) is 0 Å². The third-order valence-electron chi connectivity index (χ3n) is 3.23. The SMILES string of the molecule is CC[C@H](N[C@H](C)c1nnc(C)s1)[C@H]1CCCO1. The Balaban J connectivity index is 1.93. The Morgan fingerprint density at radius 3 is 2.88 bits per heavy atom. The van der Waals surface area contributed by atoms with Crippen molar-refractivity contribution in [2.45, 2.75) is 58.2 Å². The van der Waals surface area contributed by atoms with Gasteiger partial charge in [0.1, 0.15) is 10.0 Å². The predicted molar refractivity (Wildman–Crippen MR) is 69.2 cm³/mol. The van der Waals surface area contributed by atoms with Gasteiger partial charge in [-0.05, 0) is 33.1 Å². The van der Waals surface area contributed by atoms with Crippen LogP contribution in [-0.2, 0) is 4.74 Å². The first-order chi connectivity index (χ1) is 8.20. The summed E-state index contributed by atoms with van der Waals surface area (Å²) in [7, 11) is 0. The van der Waals surface area contributed by atoms with E-state index < -0.39 is 0 Å². The van der Waals surface area contributed by atoms with E-state index in [1.54, 1.807) is 11.3 Å². The van der Waals surface area contributed by atoms with E-state index >= 15 is 0 Å².